The van der Waals surface area contributed by atoms with Gasteiger partial charge >= 0.3 is 5.63 Å². The molecular weight excluding hydrogens is 410 g/mol. The topological polar surface area (TPSA) is 105 Å². The lowest BCUT2D eigenvalue weighted by atomic mass is 10.2. The zero-order valence-corrected chi connectivity index (χ0v) is 17.3. The maximum absolute atomic E-state index is 12.3. The summed E-state index contributed by atoms with van der Waals surface area (Å²) < 4.78 is 5.08. The third-order valence-corrected chi connectivity index (χ3v) is 6.51. The van der Waals surface area contributed by atoms with Gasteiger partial charge in [0, 0.05) is 22.0 Å². The number of aryl methyl sites for hydroxylation is 2. The van der Waals surface area contributed by atoms with Gasteiger partial charge in [-0.05, 0) is 43.7 Å². The van der Waals surface area contributed by atoms with Crippen LogP contribution in [-0.4, -0.2) is 21.6 Å². The van der Waals surface area contributed by atoms with Crippen molar-refractivity contribution in [3.05, 3.63) is 67.4 Å². The molecule has 0 fully saturated rings. The highest BCUT2D eigenvalue weighted by Gasteiger charge is 2.12. The Labute approximate surface area is 173 Å². The van der Waals surface area contributed by atoms with Crippen LogP contribution in [0.2, 0.25) is 0 Å². The molecule has 0 saturated heterocycles. The lowest BCUT2D eigenvalue weighted by molar-refractivity contribution is -0.113. The fourth-order valence-corrected chi connectivity index (χ4v) is 4.69. The summed E-state index contributed by atoms with van der Waals surface area (Å²) in [5.41, 5.74) is 1.50. The average molecular weight is 428 g/mol. The van der Waals surface area contributed by atoms with E-state index >= 15 is 0 Å². The first kappa shape index (κ1) is 19.4. The molecule has 1 aromatic carbocycles. The molecule has 2 N–H and O–H groups in total. The third-order valence-electron chi connectivity index (χ3n) is 4.46. The Hall–Kier alpha value is -2.91. The van der Waals surface area contributed by atoms with Gasteiger partial charge in [0.05, 0.1) is 16.9 Å². The zero-order valence-electron chi connectivity index (χ0n) is 15.7. The molecule has 9 heteroatoms. The Balaban J connectivity index is 1.39. The molecule has 7 nitrogen and oxygen atoms in total. The van der Waals surface area contributed by atoms with Crippen molar-refractivity contribution in [3.8, 4) is 0 Å². The number of benzene rings is 1. The number of fused-ring (bicyclic) bond motifs is 2. The number of nitrogens with one attached hydrogen (secondary N) is 2. The Morgan fingerprint density at radius 1 is 1.24 bits per heavy atom. The van der Waals surface area contributed by atoms with Crippen LogP contribution in [0.1, 0.15) is 16.3 Å². The van der Waals surface area contributed by atoms with Crippen LogP contribution in [0.3, 0.4) is 0 Å². The van der Waals surface area contributed by atoms with Crippen LogP contribution >= 0.6 is 23.1 Å². The van der Waals surface area contributed by atoms with Crippen molar-refractivity contribution in [3.63, 3.8) is 0 Å². The number of thiophene rings is 1. The van der Waals surface area contributed by atoms with Crippen molar-refractivity contribution >= 4 is 55.9 Å². The van der Waals surface area contributed by atoms with Gasteiger partial charge in [0.15, 0.2) is 0 Å². The normalized spacial score (nSPS) is 11.2. The molecule has 4 aromatic rings. The first-order valence-corrected chi connectivity index (χ1v) is 10.8. The fraction of sp³-hybridized carbons (Fsp3) is 0.200. The van der Waals surface area contributed by atoms with Gasteiger partial charge in [-0.2, -0.15) is 0 Å². The number of amides is 1. The highest BCUT2D eigenvalue weighted by atomic mass is 32.2. The number of H-pyrrole nitrogens is 1. The van der Waals surface area contributed by atoms with Gasteiger partial charge in [-0.3, -0.25) is 9.59 Å². The standard InChI is InChI=1S/C20H17N3O4S2/c1-10-11(2)29-20-18(10)19(26)22-15(23-20)8-28-9-16(24)21-13-4-5-14-12(7-13)3-6-17(25)27-14/h3-7H,8-9H2,1-2H3,(H,21,24)(H,22,23,26). The SMILES string of the molecule is Cc1sc2nc(CSCC(=O)Nc3ccc4oc(=O)ccc4c3)[nH]c(=O)c2c1C. The molecular formula is C20H17N3O4S2. The molecule has 0 aliphatic carbocycles. The van der Waals surface area contributed by atoms with Gasteiger partial charge in [-0.15, -0.1) is 23.1 Å². The monoisotopic (exact) mass is 427 g/mol. The van der Waals surface area contributed by atoms with E-state index in [4.69, 9.17) is 4.42 Å². The van der Waals surface area contributed by atoms with Crippen LogP contribution in [0.5, 0.6) is 0 Å². The van der Waals surface area contributed by atoms with Crippen molar-refractivity contribution in [1.29, 1.82) is 0 Å². The van der Waals surface area contributed by atoms with Crippen LogP contribution in [0, 0.1) is 13.8 Å². The van der Waals surface area contributed by atoms with Gasteiger partial charge in [0.1, 0.15) is 16.2 Å². The maximum Gasteiger partial charge on any atom is 0.336 e. The number of aromatic nitrogens is 2. The van der Waals surface area contributed by atoms with E-state index in [1.165, 1.54) is 29.2 Å². The van der Waals surface area contributed by atoms with Crippen molar-refractivity contribution in [2.24, 2.45) is 0 Å². The Morgan fingerprint density at radius 3 is 2.90 bits per heavy atom. The van der Waals surface area contributed by atoms with Crippen molar-refractivity contribution in [2.75, 3.05) is 11.1 Å². The highest BCUT2D eigenvalue weighted by Crippen LogP contribution is 2.26. The van der Waals surface area contributed by atoms with E-state index < -0.39 is 5.63 Å². The predicted molar refractivity (Wildman–Crippen MR) is 117 cm³/mol. The molecule has 0 unspecified atom stereocenters. The summed E-state index contributed by atoms with van der Waals surface area (Å²) >= 11 is 2.87. The van der Waals surface area contributed by atoms with Crippen molar-refractivity contribution < 1.29 is 9.21 Å². The second-order valence-corrected chi connectivity index (χ2v) is 8.71. The summed E-state index contributed by atoms with van der Waals surface area (Å²) in [7, 11) is 0. The van der Waals surface area contributed by atoms with E-state index in [-0.39, 0.29) is 17.2 Å². The molecule has 0 atom stereocenters. The average Bonchev–Trinajstić information content (AvgIpc) is 2.96. The largest absolute Gasteiger partial charge is 0.423 e. The first-order valence-electron chi connectivity index (χ1n) is 8.81. The van der Waals surface area contributed by atoms with Crippen LogP contribution in [0.4, 0.5) is 5.69 Å². The van der Waals surface area contributed by atoms with Crippen LogP contribution in [0.15, 0.2) is 44.3 Å². The smallest absolute Gasteiger partial charge is 0.336 e. The van der Waals surface area contributed by atoms with E-state index in [2.05, 4.69) is 15.3 Å². The third kappa shape index (κ3) is 4.10. The summed E-state index contributed by atoms with van der Waals surface area (Å²) in [6, 6.07) is 8.06. The summed E-state index contributed by atoms with van der Waals surface area (Å²) in [4.78, 5) is 44.9. The number of thioether (sulfide) groups is 1. The van der Waals surface area contributed by atoms with E-state index in [1.54, 1.807) is 24.3 Å². The van der Waals surface area contributed by atoms with E-state index in [9.17, 15) is 14.4 Å². The molecule has 4 rings (SSSR count). The summed E-state index contributed by atoms with van der Waals surface area (Å²) in [5.74, 6) is 1.03. The molecule has 0 spiro atoms. The number of nitrogens with zero attached hydrogens (tertiary/aromatic N) is 1. The number of carbonyl (C=O) groups excluding carboxylic acids is 1. The molecule has 1 amide bonds. The summed E-state index contributed by atoms with van der Waals surface area (Å²) in [6.07, 6.45) is 0. The van der Waals surface area contributed by atoms with E-state index in [0.717, 1.165) is 20.7 Å². The molecule has 0 aliphatic rings. The molecule has 0 aliphatic heterocycles. The zero-order chi connectivity index (χ0) is 20.5. The Bertz CT molecular complexity index is 1350. The fourth-order valence-electron chi connectivity index (χ4n) is 2.95. The van der Waals surface area contributed by atoms with Gasteiger partial charge in [-0.1, -0.05) is 0 Å². The number of carbonyl (C=O) groups is 1. The minimum absolute atomic E-state index is 0.139. The lowest BCUT2D eigenvalue weighted by Crippen LogP contribution is -2.15. The molecule has 3 heterocycles. The molecule has 148 valence electrons. The Kier molecular flexibility index (Phi) is 5.25. The van der Waals surface area contributed by atoms with E-state index in [0.29, 0.717) is 28.2 Å². The molecule has 29 heavy (non-hydrogen) atoms. The second kappa shape index (κ2) is 7.84. The molecule has 3 aromatic heterocycles. The first-order chi connectivity index (χ1) is 13.9. The maximum atomic E-state index is 12.3. The van der Waals surface area contributed by atoms with Gasteiger partial charge in [0.2, 0.25) is 5.91 Å². The van der Waals surface area contributed by atoms with E-state index in [1.807, 2.05) is 13.8 Å². The van der Waals surface area contributed by atoms with Crippen LogP contribution in [-0.2, 0) is 10.5 Å². The lowest BCUT2D eigenvalue weighted by Gasteiger charge is -2.06. The molecule has 0 bridgehead atoms. The number of hydrogen-bond acceptors (Lipinski definition) is 7. The van der Waals surface area contributed by atoms with Gasteiger partial charge < -0.3 is 14.7 Å². The minimum atomic E-state index is -0.414. The minimum Gasteiger partial charge on any atom is -0.423 e. The van der Waals surface area contributed by atoms with Crippen LogP contribution < -0.4 is 16.5 Å². The summed E-state index contributed by atoms with van der Waals surface area (Å²) in [5, 5.41) is 4.19. The summed E-state index contributed by atoms with van der Waals surface area (Å²) in [6.45, 7) is 3.89. The van der Waals surface area contributed by atoms with Crippen LogP contribution in [0.25, 0.3) is 21.2 Å². The van der Waals surface area contributed by atoms with Crippen molar-refractivity contribution in [2.45, 2.75) is 19.6 Å². The Morgan fingerprint density at radius 2 is 2.07 bits per heavy atom. The van der Waals surface area contributed by atoms with Gasteiger partial charge in [-0.25, -0.2) is 9.78 Å². The second-order valence-electron chi connectivity index (χ2n) is 6.52. The predicted octanol–water partition coefficient (Wildman–Crippen LogP) is 3.58. The highest BCUT2D eigenvalue weighted by molar-refractivity contribution is 7.99. The quantitative estimate of drug-likeness (QED) is 0.472. The number of hydrogen-bond donors (Lipinski definition) is 2. The molecule has 0 radical (unpaired) electrons. The number of aromatic amines is 1. The van der Waals surface area contributed by atoms with Crippen molar-refractivity contribution in [1.82, 2.24) is 9.97 Å². The molecule has 0 saturated carbocycles. The number of anilines is 1. The number of rotatable bonds is 5. The van der Waals surface area contributed by atoms with Gasteiger partial charge in [0.25, 0.3) is 5.56 Å².